The van der Waals surface area contributed by atoms with Gasteiger partial charge in [-0.1, -0.05) is 0 Å². The molecule has 1 rings (SSSR count). The van der Waals surface area contributed by atoms with Crippen LogP contribution >= 0.6 is 0 Å². The molecule has 0 unspecified atom stereocenters. The van der Waals surface area contributed by atoms with Gasteiger partial charge in [-0.15, -0.1) is 0 Å². The number of carbonyl (C=O) groups excluding carboxylic acids is 2. The number of amides is 1. The maximum atomic E-state index is 11.3. The number of ether oxygens (including phenoxy) is 6. The van der Waals surface area contributed by atoms with Gasteiger partial charge in [-0.3, -0.25) is 14.4 Å². The van der Waals surface area contributed by atoms with Crippen molar-refractivity contribution in [1.82, 2.24) is 5.32 Å². The molecule has 0 saturated heterocycles. The molecule has 0 aromatic heterocycles. The molecule has 1 amide bonds. The molecule has 11 nitrogen and oxygen atoms in total. The van der Waals surface area contributed by atoms with Crippen molar-refractivity contribution in [3.05, 3.63) is 29.8 Å². The fourth-order valence-corrected chi connectivity index (χ4v) is 2.55. The average Bonchev–Trinajstić information content (AvgIpc) is 2.86. The van der Waals surface area contributed by atoms with Gasteiger partial charge in [0, 0.05) is 25.1 Å². The smallest absolute Gasteiger partial charge is 0.303 e. The molecule has 1 aromatic rings. The minimum absolute atomic E-state index is 0.00914. The highest BCUT2D eigenvalue weighted by Gasteiger charge is 2.04. The molecule has 0 aliphatic heterocycles. The Kier molecular flexibility index (Phi) is 19.1. The van der Waals surface area contributed by atoms with Crippen LogP contribution in [-0.2, 0) is 33.3 Å². The Hall–Kier alpha value is -2.57. The SMILES string of the molecule is O=Cc1ccc(OCCOCCOCCOCCOCCOCCCNC(=O)CCC(=O)O)cc1. The third kappa shape index (κ3) is 19.4. The van der Waals surface area contributed by atoms with Gasteiger partial charge in [0.1, 0.15) is 18.6 Å². The van der Waals surface area contributed by atoms with Crippen molar-refractivity contribution in [3.8, 4) is 5.75 Å². The number of aldehydes is 1. The molecular formula is C24H37NO10. The standard InChI is InChI=1S/C24H37NO10/c26-20-21-2-4-22(5-3-21)35-19-18-34-17-16-33-15-14-32-13-12-31-11-10-30-9-1-8-25-23(27)6-7-24(28)29/h2-5,20H,1,6-19H2,(H,25,27)(H,28,29). The van der Waals surface area contributed by atoms with Gasteiger partial charge in [-0.25, -0.2) is 0 Å². The maximum absolute atomic E-state index is 11.3. The summed E-state index contributed by atoms with van der Waals surface area (Å²) >= 11 is 0. The van der Waals surface area contributed by atoms with E-state index in [4.69, 9.17) is 33.5 Å². The first-order valence-electron chi connectivity index (χ1n) is 11.7. The molecule has 198 valence electrons. The molecule has 0 aliphatic carbocycles. The molecule has 0 aliphatic rings. The van der Waals surface area contributed by atoms with Gasteiger partial charge >= 0.3 is 5.97 Å². The second kappa shape index (κ2) is 21.9. The van der Waals surface area contributed by atoms with Gasteiger partial charge in [0.05, 0.1) is 65.9 Å². The van der Waals surface area contributed by atoms with Crippen LogP contribution in [-0.4, -0.2) is 102 Å². The van der Waals surface area contributed by atoms with Crippen LogP contribution in [0.4, 0.5) is 0 Å². The lowest BCUT2D eigenvalue weighted by molar-refractivity contribution is -0.138. The zero-order valence-corrected chi connectivity index (χ0v) is 20.1. The summed E-state index contributed by atoms with van der Waals surface area (Å²) in [6.45, 7) is 5.52. The normalized spacial score (nSPS) is 10.7. The van der Waals surface area contributed by atoms with Crippen molar-refractivity contribution in [1.29, 1.82) is 0 Å². The van der Waals surface area contributed by atoms with Crippen molar-refractivity contribution >= 4 is 18.2 Å². The molecule has 1 aromatic carbocycles. The predicted octanol–water partition coefficient (Wildman–Crippen LogP) is 1.33. The fourth-order valence-electron chi connectivity index (χ4n) is 2.55. The highest BCUT2D eigenvalue weighted by atomic mass is 16.6. The number of hydrogen-bond acceptors (Lipinski definition) is 9. The summed E-state index contributed by atoms with van der Waals surface area (Å²) in [6.07, 6.45) is 1.27. The second-order valence-corrected chi connectivity index (χ2v) is 7.19. The summed E-state index contributed by atoms with van der Waals surface area (Å²) in [4.78, 5) is 32.3. The first-order chi connectivity index (χ1) is 17.1. The summed E-state index contributed by atoms with van der Waals surface area (Å²) in [7, 11) is 0. The van der Waals surface area contributed by atoms with E-state index < -0.39 is 5.97 Å². The molecule has 0 atom stereocenters. The number of hydrogen-bond donors (Lipinski definition) is 2. The third-order valence-electron chi connectivity index (χ3n) is 4.35. The van der Waals surface area contributed by atoms with Crippen LogP contribution in [0.5, 0.6) is 5.75 Å². The zero-order chi connectivity index (χ0) is 25.4. The molecule has 0 fully saturated rings. The Morgan fingerprint density at radius 3 is 1.69 bits per heavy atom. The molecule has 0 radical (unpaired) electrons. The van der Waals surface area contributed by atoms with Gasteiger partial charge in [-0.05, 0) is 30.7 Å². The number of benzene rings is 1. The van der Waals surface area contributed by atoms with Gasteiger partial charge < -0.3 is 38.8 Å². The zero-order valence-electron chi connectivity index (χ0n) is 20.1. The van der Waals surface area contributed by atoms with Gasteiger partial charge in [0.25, 0.3) is 0 Å². The summed E-state index contributed by atoms with van der Waals surface area (Å²) in [6, 6.07) is 6.89. The van der Waals surface area contributed by atoms with Crippen LogP contribution in [0.2, 0.25) is 0 Å². The first kappa shape index (κ1) is 30.5. The van der Waals surface area contributed by atoms with Gasteiger partial charge in [0.15, 0.2) is 0 Å². The van der Waals surface area contributed by atoms with Crippen molar-refractivity contribution in [3.63, 3.8) is 0 Å². The van der Waals surface area contributed by atoms with E-state index in [1.165, 1.54) is 0 Å². The summed E-state index contributed by atoms with van der Waals surface area (Å²) in [5, 5.41) is 11.1. The monoisotopic (exact) mass is 499 g/mol. The maximum Gasteiger partial charge on any atom is 0.303 e. The summed E-state index contributed by atoms with van der Waals surface area (Å²) in [5.41, 5.74) is 0.610. The Bertz CT molecular complexity index is 683. The van der Waals surface area contributed by atoms with E-state index in [2.05, 4.69) is 5.32 Å². The molecule has 0 saturated carbocycles. The molecule has 0 bridgehead atoms. The van der Waals surface area contributed by atoms with E-state index in [0.29, 0.717) is 97.0 Å². The van der Waals surface area contributed by atoms with E-state index >= 15 is 0 Å². The molecular weight excluding hydrogens is 462 g/mol. The van der Waals surface area contributed by atoms with E-state index in [-0.39, 0.29) is 18.7 Å². The fraction of sp³-hybridized carbons (Fsp3) is 0.625. The summed E-state index contributed by atoms with van der Waals surface area (Å²) < 4.78 is 32.5. The molecule has 0 heterocycles. The van der Waals surface area contributed by atoms with Crippen LogP contribution in [0, 0.1) is 0 Å². The van der Waals surface area contributed by atoms with E-state index in [1.807, 2.05) is 0 Å². The van der Waals surface area contributed by atoms with Crippen molar-refractivity contribution in [2.75, 3.05) is 79.2 Å². The Labute approximate surface area is 206 Å². The van der Waals surface area contributed by atoms with Gasteiger partial charge in [-0.2, -0.15) is 0 Å². The number of carboxylic acid groups (broad SMARTS) is 1. The molecule has 0 spiro atoms. The predicted molar refractivity (Wildman–Crippen MR) is 126 cm³/mol. The lowest BCUT2D eigenvalue weighted by Crippen LogP contribution is -2.25. The van der Waals surface area contributed by atoms with Crippen LogP contribution in [0.25, 0.3) is 0 Å². The minimum atomic E-state index is -0.983. The molecule has 35 heavy (non-hydrogen) atoms. The van der Waals surface area contributed by atoms with E-state index in [1.54, 1.807) is 24.3 Å². The molecule has 2 N–H and O–H groups in total. The number of carbonyl (C=O) groups is 3. The van der Waals surface area contributed by atoms with Crippen molar-refractivity contribution in [2.24, 2.45) is 0 Å². The Balaban J connectivity index is 1.72. The van der Waals surface area contributed by atoms with Crippen LogP contribution in [0.1, 0.15) is 29.6 Å². The number of rotatable bonds is 24. The lowest BCUT2D eigenvalue weighted by Gasteiger charge is -2.09. The van der Waals surface area contributed by atoms with Crippen molar-refractivity contribution < 1.29 is 47.9 Å². The minimum Gasteiger partial charge on any atom is -0.491 e. The lowest BCUT2D eigenvalue weighted by atomic mass is 10.2. The first-order valence-corrected chi connectivity index (χ1v) is 11.7. The third-order valence-corrected chi connectivity index (χ3v) is 4.35. The topological polar surface area (TPSA) is 139 Å². The quantitative estimate of drug-likeness (QED) is 0.158. The highest BCUT2D eigenvalue weighted by molar-refractivity contribution is 5.80. The number of aliphatic carboxylic acids is 1. The van der Waals surface area contributed by atoms with E-state index in [0.717, 1.165) is 6.29 Å². The van der Waals surface area contributed by atoms with Crippen molar-refractivity contribution in [2.45, 2.75) is 19.3 Å². The largest absolute Gasteiger partial charge is 0.491 e. The Morgan fingerprint density at radius 2 is 1.20 bits per heavy atom. The van der Waals surface area contributed by atoms with Crippen LogP contribution in [0.3, 0.4) is 0 Å². The van der Waals surface area contributed by atoms with Crippen LogP contribution < -0.4 is 10.1 Å². The van der Waals surface area contributed by atoms with Crippen LogP contribution in [0.15, 0.2) is 24.3 Å². The average molecular weight is 500 g/mol. The highest BCUT2D eigenvalue weighted by Crippen LogP contribution is 2.10. The number of carboxylic acids is 1. The summed E-state index contributed by atoms with van der Waals surface area (Å²) in [5.74, 6) is -0.557. The molecule has 11 heteroatoms. The Morgan fingerprint density at radius 1 is 0.714 bits per heavy atom. The van der Waals surface area contributed by atoms with E-state index in [9.17, 15) is 14.4 Å². The number of nitrogens with one attached hydrogen (secondary N) is 1. The van der Waals surface area contributed by atoms with Gasteiger partial charge in [0.2, 0.25) is 5.91 Å². The second-order valence-electron chi connectivity index (χ2n) is 7.19.